The van der Waals surface area contributed by atoms with E-state index < -0.39 is 5.41 Å². The zero-order valence-electron chi connectivity index (χ0n) is 17.4. The maximum absolute atomic E-state index is 12.0. The Bertz CT molecular complexity index is 531. The summed E-state index contributed by atoms with van der Waals surface area (Å²) in [5.74, 6) is 0. The molecule has 0 bridgehead atoms. The van der Waals surface area contributed by atoms with E-state index in [2.05, 4.69) is 57.7 Å². The molecule has 1 aliphatic rings. The van der Waals surface area contributed by atoms with Gasteiger partial charge in [0.2, 0.25) is 0 Å². The van der Waals surface area contributed by atoms with Gasteiger partial charge >= 0.3 is 0 Å². The van der Waals surface area contributed by atoms with Crippen LogP contribution in [0.1, 0.15) is 59.8 Å². The van der Waals surface area contributed by atoms with Crippen molar-refractivity contribution in [3.63, 3.8) is 0 Å². The van der Waals surface area contributed by atoms with Crippen molar-refractivity contribution in [3.05, 3.63) is 33.0 Å². The Morgan fingerprint density at radius 2 is 1.56 bits per heavy atom. The smallest absolute Gasteiger partial charge is 0.255 e. The summed E-state index contributed by atoms with van der Waals surface area (Å²) in [6.45, 7) is 8.52. The Hall–Kier alpha value is -1.20. The molecule has 0 fully saturated rings. The van der Waals surface area contributed by atoms with E-state index in [9.17, 15) is 10.1 Å². The summed E-state index contributed by atoms with van der Waals surface area (Å²) in [5.41, 5.74) is 2.42. The van der Waals surface area contributed by atoms with Crippen molar-refractivity contribution in [3.8, 4) is 0 Å². The predicted octanol–water partition coefficient (Wildman–Crippen LogP) is 4.33. The van der Waals surface area contributed by atoms with Crippen LogP contribution in [-0.2, 0) is 0 Å². The lowest BCUT2D eigenvalue weighted by molar-refractivity contribution is -0.441. The molecule has 0 heterocycles. The third kappa shape index (κ3) is 5.14. The lowest BCUT2D eigenvalue weighted by Gasteiger charge is -2.35. The minimum atomic E-state index is -0.426. The summed E-state index contributed by atoms with van der Waals surface area (Å²) in [7, 11) is 8.26. The highest BCUT2D eigenvalue weighted by atomic mass is 16.6. The van der Waals surface area contributed by atoms with Gasteiger partial charge in [-0.05, 0) is 74.1 Å². The molecule has 1 rings (SSSR count). The van der Waals surface area contributed by atoms with Gasteiger partial charge in [0.05, 0.1) is 10.3 Å². The molecule has 5 heteroatoms. The fourth-order valence-corrected chi connectivity index (χ4v) is 3.72. The molecule has 0 saturated carbocycles. The molecule has 0 amide bonds. The molecule has 25 heavy (non-hydrogen) atoms. The van der Waals surface area contributed by atoms with Gasteiger partial charge < -0.3 is 9.80 Å². The van der Waals surface area contributed by atoms with Crippen molar-refractivity contribution in [2.24, 2.45) is 5.41 Å². The Morgan fingerprint density at radius 1 is 1.08 bits per heavy atom. The summed E-state index contributed by atoms with van der Waals surface area (Å²) in [6, 6.07) is 0.726. The molecule has 0 N–H and O–H groups in total. The van der Waals surface area contributed by atoms with Crippen LogP contribution in [0.5, 0.6) is 0 Å². The van der Waals surface area contributed by atoms with Crippen LogP contribution in [0, 0.1) is 15.5 Å². The predicted molar refractivity (Wildman–Crippen MR) is 105 cm³/mol. The monoisotopic (exact) mass is 351 g/mol. The highest BCUT2D eigenvalue weighted by molar-refractivity contribution is 5.34. The third-order valence-electron chi connectivity index (χ3n) is 6.03. The van der Waals surface area contributed by atoms with Crippen LogP contribution >= 0.6 is 0 Å². The van der Waals surface area contributed by atoms with Gasteiger partial charge in [-0.3, -0.25) is 10.1 Å². The number of rotatable bonds is 9. The van der Waals surface area contributed by atoms with Crippen molar-refractivity contribution in [2.75, 3.05) is 28.2 Å². The summed E-state index contributed by atoms with van der Waals surface area (Å²) >= 11 is 0. The maximum atomic E-state index is 12.0. The van der Waals surface area contributed by atoms with Crippen molar-refractivity contribution >= 4 is 0 Å². The zero-order chi connectivity index (χ0) is 19.4. The van der Waals surface area contributed by atoms with Gasteiger partial charge in [0, 0.05) is 17.7 Å². The van der Waals surface area contributed by atoms with Gasteiger partial charge in [0.1, 0.15) is 0 Å². The summed E-state index contributed by atoms with van der Waals surface area (Å²) < 4.78 is 0. The molecule has 0 aromatic rings. The van der Waals surface area contributed by atoms with Gasteiger partial charge in [-0.2, -0.15) is 0 Å². The molecule has 0 aliphatic heterocycles. The average molecular weight is 352 g/mol. The van der Waals surface area contributed by atoms with E-state index in [0.717, 1.165) is 37.7 Å². The quantitative estimate of drug-likeness (QED) is 0.352. The van der Waals surface area contributed by atoms with Gasteiger partial charge in [0.25, 0.3) is 5.70 Å². The first-order chi connectivity index (χ1) is 11.6. The Balaban J connectivity index is 3.33. The van der Waals surface area contributed by atoms with Crippen molar-refractivity contribution < 1.29 is 4.92 Å². The molecule has 0 radical (unpaired) electrons. The van der Waals surface area contributed by atoms with Gasteiger partial charge in [-0.25, -0.2) is 0 Å². The van der Waals surface area contributed by atoms with Crippen LogP contribution in [0.25, 0.3) is 0 Å². The number of hydrogen-bond acceptors (Lipinski definition) is 4. The van der Waals surface area contributed by atoms with Crippen molar-refractivity contribution in [1.82, 2.24) is 9.80 Å². The van der Waals surface area contributed by atoms with Gasteiger partial charge in [-0.15, -0.1) is 0 Å². The molecule has 0 aromatic heterocycles. The van der Waals surface area contributed by atoms with E-state index in [4.69, 9.17) is 0 Å². The van der Waals surface area contributed by atoms with Crippen LogP contribution in [-0.4, -0.2) is 55.0 Å². The number of nitro groups is 1. The van der Waals surface area contributed by atoms with Crippen LogP contribution in [0.3, 0.4) is 0 Å². The molecular weight excluding hydrogens is 314 g/mol. The van der Waals surface area contributed by atoms with E-state index in [0.29, 0.717) is 17.8 Å². The normalized spacial score (nSPS) is 20.0. The summed E-state index contributed by atoms with van der Waals surface area (Å²) in [6.07, 6.45) is 6.26. The van der Waals surface area contributed by atoms with Gasteiger partial charge in [0.15, 0.2) is 0 Å². The number of hydrogen-bond donors (Lipinski definition) is 0. The lowest BCUT2D eigenvalue weighted by atomic mass is 9.70. The Labute approximate surface area is 153 Å². The van der Waals surface area contributed by atoms with E-state index in [1.807, 2.05) is 14.1 Å². The first-order valence-corrected chi connectivity index (χ1v) is 9.48. The molecule has 0 aromatic carbocycles. The largest absolute Gasteiger partial charge is 0.306 e. The topological polar surface area (TPSA) is 49.6 Å². The third-order valence-corrected chi connectivity index (χ3v) is 6.03. The SMILES string of the molecule is CCC1(CC)C=C(CC(C)N(C)C)CC(CC(C)N(C)C)=C1[N+](=O)[O-]. The van der Waals surface area contributed by atoms with Crippen LogP contribution < -0.4 is 0 Å². The molecule has 0 spiro atoms. The first-order valence-electron chi connectivity index (χ1n) is 9.48. The van der Waals surface area contributed by atoms with E-state index in [1.165, 1.54) is 5.57 Å². The second-order valence-corrected chi connectivity index (χ2v) is 8.09. The lowest BCUT2D eigenvalue weighted by Crippen LogP contribution is -2.33. The second kappa shape index (κ2) is 8.95. The van der Waals surface area contributed by atoms with Crippen LogP contribution in [0.15, 0.2) is 22.9 Å². The van der Waals surface area contributed by atoms with E-state index in [-0.39, 0.29) is 4.92 Å². The summed E-state index contributed by atoms with van der Waals surface area (Å²) in [4.78, 5) is 16.2. The molecule has 5 nitrogen and oxygen atoms in total. The van der Waals surface area contributed by atoms with Gasteiger partial charge in [-0.1, -0.05) is 25.5 Å². The van der Waals surface area contributed by atoms with Crippen LogP contribution in [0.4, 0.5) is 0 Å². The van der Waals surface area contributed by atoms with Crippen molar-refractivity contribution in [1.29, 1.82) is 0 Å². The zero-order valence-corrected chi connectivity index (χ0v) is 17.4. The Kier molecular flexibility index (Phi) is 7.82. The molecule has 2 unspecified atom stereocenters. The minimum absolute atomic E-state index is 0.104. The molecule has 1 aliphatic carbocycles. The summed E-state index contributed by atoms with van der Waals surface area (Å²) in [5, 5.41) is 12.0. The van der Waals surface area contributed by atoms with E-state index in [1.54, 1.807) is 0 Å². The highest BCUT2D eigenvalue weighted by Crippen LogP contribution is 2.46. The standard InChI is InChI=1S/C20H37N3O2/c1-9-20(10-2)14-17(11-15(3)21(5)6)13-18(19(20)23(24)25)12-16(4)22(7)8/h14-16H,9-13H2,1-8H3. The highest BCUT2D eigenvalue weighted by Gasteiger charge is 2.43. The number of nitrogens with zero attached hydrogens (tertiary/aromatic N) is 3. The second-order valence-electron chi connectivity index (χ2n) is 8.09. The fourth-order valence-electron chi connectivity index (χ4n) is 3.72. The molecule has 0 saturated heterocycles. The average Bonchev–Trinajstić information content (AvgIpc) is 2.53. The first kappa shape index (κ1) is 21.8. The minimum Gasteiger partial charge on any atom is -0.306 e. The van der Waals surface area contributed by atoms with Crippen LogP contribution in [0.2, 0.25) is 0 Å². The molecule has 2 atom stereocenters. The molecule has 144 valence electrons. The number of allylic oxidation sites excluding steroid dienone is 1. The molecular formula is C20H37N3O2. The Morgan fingerprint density at radius 3 is 1.96 bits per heavy atom. The maximum Gasteiger partial charge on any atom is 0.255 e. The fraction of sp³-hybridized carbons (Fsp3) is 0.800. The van der Waals surface area contributed by atoms with Crippen molar-refractivity contribution in [2.45, 2.75) is 71.9 Å². The van der Waals surface area contributed by atoms with E-state index >= 15 is 0 Å².